The van der Waals surface area contributed by atoms with Crippen LogP contribution in [-0.2, 0) is 23.7 Å². The summed E-state index contributed by atoms with van der Waals surface area (Å²) >= 11 is 0. The second-order valence-corrected chi connectivity index (χ2v) is 9.12. The summed E-state index contributed by atoms with van der Waals surface area (Å²) < 4.78 is 29.2. The summed E-state index contributed by atoms with van der Waals surface area (Å²) in [5.74, 6) is 1.35. The van der Waals surface area contributed by atoms with Gasteiger partial charge in [-0.15, -0.1) is 0 Å². The lowest BCUT2D eigenvalue weighted by molar-refractivity contribution is 0.261. The summed E-state index contributed by atoms with van der Waals surface area (Å²) in [6, 6.07) is 0. The van der Waals surface area contributed by atoms with Crippen molar-refractivity contribution in [3.05, 3.63) is 30.1 Å². The van der Waals surface area contributed by atoms with Gasteiger partial charge in [-0.25, -0.2) is 9.97 Å². The molecular weight excluding hydrogens is 352 g/mol. The molecule has 3 rings (SSSR count). The normalized spacial score (nSPS) is 17.1. The van der Waals surface area contributed by atoms with E-state index in [9.17, 15) is 8.42 Å². The standard InChI is InChI=1S/C17H26N6O2S/c1-13-19-12-17(22(13)4)16-11-18-10-15(20-16)9-14-5-7-23(8-6-14)26(24,25)21(2)3/h10-12,14H,5-9H2,1-4H3. The summed E-state index contributed by atoms with van der Waals surface area (Å²) in [6.07, 6.45) is 7.86. The molecule has 9 heteroatoms. The Kier molecular flexibility index (Phi) is 5.40. The second-order valence-electron chi connectivity index (χ2n) is 6.98. The molecule has 1 aliphatic heterocycles. The van der Waals surface area contributed by atoms with Crippen LogP contribution in [0.25, 0.3) is 11.4 Å². The van der Waals surface area contributed by atoms with Gasteiger partial charge in [0, 0.05) is 40.4 Å². The minimum atomic E-state index is -3.31. The zero-order valence-corrected chi connectivity index (χ0v) is 16.6. The molecule has 0 unspecified atom stereocenters. The van der Waals surface area contributed by atoms with Crippen molar-refractivity contribution < 1.29 is 8.42 Å². The lowest BCUT2D eigenvalue weighted by Gasteiger charge is -2.32. The van der Waals surface area contributed by atoms with Crippen molar-refractivity contribution in [3.63, 3.8) is 0 Å². The second kappa shape index (κ2) is 7.42. The molecule has 0 radical (unpaired) electrons. The quantitative estimate of drug-likeness (QED) is 0.782. The first-order chi connectivity index (χ1) is 12.3. The van der Waals surface area contributed by atoms with Crippen molar-refractivity contribution in [2.24, 2.45) is 13.0 Å². The van der Waals surface area contributed by atoms with Gasteiger partial charge in [-0.2, -0.15) is 17.0 Å². The first-order valence-corrected chi connectivity index (χ1v) is 10.2. The van der Waals surface area contributed by atoms with Crippen LogP contribution in [0.2, 0.25) is 0 Å². The average molecular weight is 379 g/mol. The van der Waals surface area contributed by atoms with E-state index in [-0.39, 0.29) is 0 Å². The number of hydrogen-bond acceptors (Lipinski definition) is 5. The zero-order chi connectivity index (χ0) is 18.9. The number of hydrogen-bond donors (Lipinski definition) is 0. The van der Waals surface area contributed by atoms with Crippen LogP contribution in [0.15, 0.2) is 18.6 Å². The zero-order valence-electron chi connectivity index (χ0n) is 15.8. The smallest absolute Gasteiger partial charge is 0.281 e. The summed E-state index contributed by atoms with van der Waals surface area (Å²) in [5.41, 5.74) is 2.71. The maximum atomic E-state index is 12.2. The van der Waals surface area contributed by atoms with E-state index >= 15 is 0 Å². The minimum absolute atomic E-state index is 0.418. The molecule has 2 aromatic rings. The van der Waals surface area contributed by atoms with Gasteiger partial charge in [0.15, 0.2) is 0 Å². The van der Waals surface area contributed by atoms with Crippen LogP contribution in [-0.4, -0.2) is 63.7 Å². The average Bonchev–Trinajstić information content (AvgIpc) is 2.95. The lowest BCUT2D eigenvalue weighted by Crippen LogP contribution is -2.44. The highest BCUT2D eigenvalue weighted by Gasteiger charge is 2.29. The monoisotopic (exact) mass is 378 g/mol. The summed E-state index contributed by atoms with van der Waals surface area (Å²) in [7, 11) is 1.80. The molecule has 1 saturated heterocycles. The van der Waals surface area contributed by atoms with Gasteiger partial charge >= 0.3 is 0 Å². The van der Waals surface area contributed by atoms with Crippen LogP contribution in [0.3, 0.4) is 0 Å². The van der Waals surface area contributed by atoms with E-state index in [0.29, 0.717) is 19.0 Å². The fourth-order valence-electron chi connectivity index (χ4n) is 3.24. The third-order valence-corrected chi connectivity index (χ3v) is 6.97. The van der Waals surface area contributed by atoms with Crippen molar-refractivity contribution in [3.8, 4) is 11.4 Å². The molecule has 3 heterocycles. The Morgan fingerprint density at radius 3 is 2.46 bits per heavy atom. The maximum Gasteiger partial charge on any atom is 0.281 e. The topological polar surface area (TPSA) is 84.2 Å². The van der Waals surface area contributed by atoms with Gasteiger partial charge < -0.3 is 4.57 Å². The van der Waals surface area contributed by atoms with Crippen molar-refractivity contribution in [2.45, 2.75) is 26.2 Å². The van der Waals surface area contributed by atoms with Gasteiger partial charge in [-0.05, 0) is 32.1 Å². The molecule has 1 aliphatic rings. The number of aryl methyl sites for hydroxylation is 1. The Hall–Kier alpha value is -1.84. The third kappa shape index (κ3) is 3.79. The van der Waals surface area contributed by atoms with E-state index in [0.717, 1.165) is 42.2 Å². The fourth-order valence-corrected chi connectivity index (χ4v) is 4.37. The van der Waals surface area contributed by atoms with Crippen LogP contribution >= 0.6 is 0 Å². The predicted octanol–water partition coefficient (Wildman–Crippen LogP) is 1.25. The molecule has 0 N–H and O–H groups in total. The van der Waals surface area contributed by atoms with E-state index in [1.807, 2.05) is 24.7 Å². The van der Waals surface area contributed by atoms with Gasteiger partial charge in [-0.1, -0.05) is 0 Å². The van der Waals surface area contributed by atoms with Crippen molar-refractivity contribution in [1.82, 2.24) is 28.1 Å². The van der Waals surface area contributed by atoms with Crippen LogP contribution in [0, 0.1) is 12.8 Å². The SMILES string of the molecule is Cc1ncc(-c2cncc(CC3CCN(S(=O)(=O)N(C)C)CC3)n2)n1C. The predicted molar refractivity (Wildman–Crippen MR) is 99.6 cm³/mol. The molecule has 0 aromatic carbocycles. The van der Waals surface area contributed by atoms with E-state index in [1.165, 1.54) is 4.31 Å². The Morgan fingerprint density at radius 1 is 1.19 bits per heavy atom. The maximum absolute atomic E-state index is 12.2. The van der Waals surface area contributed by atoms with E-state index in [2.05, 4.69) is 9.97 Å². The molecular formula is C17H26N6O2S. The van der Waals surface area contributed by atoms with Crippen LogP contribution < -0.4 is 0 Å². The Balaban J connectivity index is 1.66. The molecule has 0 amide bonds. The Morgan fingerprint density at radius 2 is 1.88 bits per heavy atom. The fraction of sp³-hybridized carbons (Fsp3) is 0.588. The molecule has 0 atom stereocenters. The Bertz CT molecular complexity index is 869. The van der Waals surface area contributed by atoms with Crippen LogP contribution in [0.5, 0.6) is 0 Å². The van der Waals surface area contributed by atoms with Crippen molar-refractivity contribution in [2.75, 3.05) is 27.2 Å². The highest BCUT2D eigenvalue weighted by molar-refractivity contribution is 7.86. The van der Waals surface area contributed by atoms with Gasteiger partial charge in [0.05, 0.1) is 23.8 Å². The van der Waals surface area contributed by atoms with E-state index in [4.69, 9.17) is 4.98 Å². The molecule has 0 bridgehead atoms. The van der Waals surface area contributed by atoms with Gasteiger partial charge in [0.1, 0.15) is 11.5 Å². The third-order valence-electron chi connectivity index (χ3n) is 5.03. The molecule has 142 valence electrons. The number of imidazole rings is 1. The number of aromatic nitrogens is 4. The van der Waals surface area contributed by atoms with Gasteiger partial charge in [-0.3, -0.25) is 4.98 Å². The Labute approximate surface area is 155 Å². The highest BCUT2D eigenvalue weighted by Crippen LogP contribution is 2.24. The van der Waals surface area contributed by atoms with Crippen molar-refractivity contribution in [1.29, 1.82) is 0 Å². The van der Waals surface area contributed by atoms with E-state index in [1.54, 1.807) is 30.8 Å². The minimum Gasteiger partial charge on any atom is -0.330 e. The molecule has 26 heavy (non-hydrogen) atoms. The van der Waals surface area contributed by atoms with Gasteiger partial charge in [0.25, 0.3) is 10.2 Å². The molecule has 0 spiro atoms. The summed E-state index contributed by atoms with van der Waals surface area (Å²) in [5, 5.41) is 0. The molecule has 2 aromatic heterocycles. The lowest BCUT2D eigenvalue weighted by atomic mass is 9.93. The van der Waals surface area contributed by atoms with E-state index < -0.39 is 10.2 Å². The summed E-state index contributed by atoms with van der Waals surface area (Å²) in [6.45, 7) is 3.06. The van der Waals surface area contributed by atoms with Gasteiger partial charge in [0.2, 0.25) is 0 Å². The number of rotatable bonds is 5. The molecule has 8 nitrogen and oxygen atoms in total. The molecule has 1 fully saturated rings. The van der Waals surface area contributed by atoms with Crippen LogP contribution in [0.1, 0.15) is 24.4 Å². The molecule has 0 aliphatic carbocycles. The largest absolute Gasteiger partial charge is 0.330 e. The van der Waals surface area contributed by atoms with Crippen molar-refractivity contribution >= 4 is 10.2 Å². The number of nitrogens with zero attached hydrogens (tertiary/aromatic N) is 6. The van der Waals surface area contributed by atoms with Crippen LogP contribution in [0.4, 0.5) is 0 Å². The first-order valence-electron chi connectivity index (χ1n) is 8.76. The summed E-state index contributed by atoms with van der Waals surface area (Å²) in [4.78, 5) is 13.4. The highest BCUT2D eigenvalue weighted by atomic mass is 32.2. The molecule has 0 saturated carbocycles. The number of piperidine rings is 1. The first kappa shape index (κ1) is 18.9.